The Labute approximate surface area is 185 Å². The molecule has 1 aliphatic carbocycles. The summed E-state index contributed by atoms with van der Waals surface area (Å²) in [7, 11) is 0. The van der Waals surface area contributed by atoms with Crippen molar-refractivity contribution < 1.29 is 13.7 Å². The van der Waals surface area contributed by atoms with Gasteiger partial charge in [-0.1, -0.05) is 29.8 Å². The summed E-state index contributed by atoms with van der Waals surface area (Å²) < 4.78 is 25.5. The molecule has 0 bridgehead atoms. The van der Waals surface area contributed by atoms with E-state index in [1.165, 1.54) is 18.1 Å². The SMILES string of the molecule is Cc1cccc(Cn2ccc(C(=O)c3cncnc3NC3CC(CSO)CC3F)c2)c1. The fourth-order valence-electron chi connectivity index (χ4n) is 4.11. The predicted octanol–water partition coefficient (Wildman–Crippen LogP) is 4.60. The smallest absolute Gasteiger partial charge is 0.199 e. The summed E-state index contributed by atoms with van der Waals surface area (Å²) >= 11 is 0.742. The molecule has 1 aromatic carbocycles. The third kappa shape index (κ3) is 5.14. The van der Waals surface area contributed by atoms with Crippen molar-refractivity contribution in [2.75, 3.05) is 11.1 Å². The highest BCUT2D eigenvalue weighted by atomic mass is 32.2. The van der Waals surface area contributed by atoms with Gasteiger partial charge in [-0.15, -0.1) is 0 Å². The van der Waals surface area contributed by atoms with Crippen LogP contribution >= 0.6 is 12.0 Å². The summed E-state index contributed by atoms with van der Waals surface area (Å²) in [5.74, 6) is 0.736. The highest BCUT2D eigenvalue weighted by molar-refractivity contribution is 7.93. The molecule has 0 saturated heterocycles. The fraction of sp³-hybridized carbons (Fsp3) is 0.348. The number of aromatic nitrogens is 3. The molecule has 3 aromatic rings. The van der Waals surface area contributed by atoms with Crippen LogP contribution in [0.3, 0.4) is 0 Å². The van der Waals surface area contributed by atoms with Gasteiger partial charge >= 0.3 is 0 Å². The summed E-state index contributed by atoms with van der Waals surface area (Å²) in [6.07, 6.45) is 6.43. The van der Waals surface area contributed by atoms with Crippen LogP contribution in [0, 0.1) is 12.8 Å². The lowest BCUT2D eigenvalue weighted by Crippen LogP contribution is -2.27. The highest BCUT2D eigenvalue weighted by Gasteiger charge is 2.35. The highest BCUT2D eigenvalue weighted by Crippen LogP contribution is 2.33. The van der Waals surface area contributed by atoms with Gasteiger partial charge in [0.15, 0.2) is 5.78 Å². The minimum atomic E-state index is -1.05. The van der Waals surface area contributed by atoms with Gasteiger partial charge in [-0.25, -0.2) is 14.4 Å². The van der Waals surface area contributed by atoms with E-state index in [9.17, 15) is 9.18 Å². The first-order valence-electron chi connectivity index (χ1n) is 10.3. The number of halogens is 1. The van der Waals surface area contributed by atoms with Crippen molar-refractivity contribution in [3.8, 4) is 0 Å². The first kappa shape index (κ1) is 21.5. The maximum absolute atomic E-state index is 14.5. The number of alkyl halides is 1. The van der Waals surface area contributed by atoms with Crippen molar-refractivity contribution in [3.63, 3.8) is 0 Å². The standard InChI is InChI=1S/C23H25FN4O2S/c1-15-3-2-4-16(7-15)11-28-6-5-18(12-28)22(29)19-10-25-14-26-23(19)27-21-9-17(13-31-30)8-20(21)24/h2-7,10,12,14,17,20-21,30H,8-9,11,13H2,1H3,(H,25,26,27). The van der Waals surface area contributed by atoms with Crippen molar-refractivity contribution in [3.05, 3.63) is 77.5 Å². The number of benzene rings is 1. The minimum Gasteiger partial charge on any atom is -0.364 e. The summed E-state index contributed by atoms with van der Waals surface area (Å²) in [6, 6.07) is 9.58. The average molecular weight is 441 g/mol. The van der Waals surface area contributed by atoms with Crippen LogP contribution in [0.1, 0.15) is 39.9 Å². The maximum Gasteiger partial charge on any atom is 0.199 e. The number of anilines is 1. The van der Waals surface area contributed by atoms with Crippen LogP contribution in [-0.4, -0.2) is 42.8 Å². The summed E-state index contributed by atoms with van der Waals surface area (Å²) in [5.41, 5.74) is 3.20. The normalized spacial score (nSPS) is 20.7. The molecule has 1 fully saturated rings. The molecule has 1 saturated carbocycles. The largest absolute Gasteiger partial charge is 0.364 e. The van der Waals surface area contributed by atoms with Crippen molar-refractivity contribution >= 4 is 23.6 Å². The molecule has 6 nitrogen and oxygen atoms in total. The van der Waals surface area contributed by atoms with E-state index in [-0.39, 0.29) is 11.7 Å². The Morgan fingerprint density at radius 3 is 3.03 bits per heavy atom. The molecule has 2 heterocycles. The van der Waals surface area contributed by atoms with E-state index in [1.54, 1.807) is 6.07 Å². The molecule has 0 aliphatic heterocycles. The van der Waals surface area contributed by atoms with Gasteiger partial charge in [-0.2, -0.15) is 0 Å². The molecular weight excluding hydrogens is 415 g/mol. The molecule has 3 unspecified atom stereocenters. The van der Waals surface area contributed by atoms with Crippen LogP contribution in [0.4, 0.5) is 10.2 Å². The fourth-order valence-corrected chi connectivity index (χ4v) is 4.60. The molecule has 1 aliphatic rings. The second kappa shape index (κ2) is 9.62. The van der Waals surface area contributed by atoms with Gasteiger partial charge in [0.1, 0.15) is 18.3 Å². The number of ketones is 1. The lowest BCUT2D eigenvalue weighted by molar-refractivity contribution is 0.103. The first-order chi connectivity index (χ1) is 15.0. The Bertz CT molecular complexity index is 1060. The van der Waals surface area contributed by atoms with Crippen LogP contribution in [0.25, 0.3) is 0 Å². The average Bonchev–Trinajstić information content (AvgIpc) is 3.35. The van der Waals surface area contributed by atoms with Gasteiger partial charge in [-0.05, 0) is 49.4 Å². The second-order valence-corrected chi connectivity index (χ2v) is 8.67. The van der Waals surface area contributed by atoms with Gasteiger partial charge in [0.05, 0.1) is 11.6 Å². The van der Waals surface area contributed by atoms with Crippen LogP contribution in [0.5, 0.6) is 0 Å². The number of aryl methyl sites for hydroxylation is 1. The van der Waals surface area contributed by atoms with Crippen molar-refractivity contribution in [1.29, 1.82) is 0 Å². The maximum atomic E-state index is 14.5. The Balaban J connectivity index is 1.49. The van der Waals surface area contributed by atoms with E-state index in [2.05, 4.69) is 40.4 Å². The van der Waals surface area contributed by atoms with Gasteiger partial charge < -0.3 is 14.4 Å². The summed E-state index contributed by atoms with van der Waals surface area (Å²) in [6.45, 7) is 2.72. The van der Waals surface area contributed by atoms with Crippen LogP contribution in [0.15, 0.2) is 55.2 Å². The minimum absolute atomic E-state index is 0.0964. The number of hydrogen-bond acceptors (Lipinski definition) is 6. The zero-order valence-corrected chi connectivity index (χ0v) is 18.1. The lowest BCUT2D eigenvalue weighted by atomic mass is 10.1. The van der Waals surface area contributed by atoms with E-state index in [0.29, 0.717) is 42.1 Å². The number of carbonyl (C=O) groups is 1. The molecule has 162 valence electrons. The van der Waals surface area contributed by atoms with Crippen molar-refractivity contribution in [2.45, 2.75) is 38.5 Å². The van der Waals surface area contributed by atoms with E-state index in [1.807, 2.05) is 23.0 Å². The third-order valence-corrected chi connectivity index (χ3v) is 6.25. The van der Waals surface area contributed by atoms with Crippen LogP contribution in [-0.2, 0) is 6.54 Å². The van der Waals surface area contributed by atoms with E-state index in [4.69, 9.17) is 4.55 Å². The molecule has 8 heteroatoms. The van der Waals surface area contributed by atoms with Gasteiger partial charge in [0.25, 0.3) is 0 Å². The van der Waals surface area contributed by atoms with Crippen LogP contribution < -0.4 is 5.32 Å². The van der Waals surface area contributed by atoms with E-state index >= 15 is 0 Å². The molecule has 4 rings (SSSR count). The number of nitrogens with zero attached hydrogens (tertiary/aromatic N) is 3. The molecule has 3 atom stereocenters. The zero-order valence-electron chi connectivity index (χ0n) is 17.2. The monoisotopic (exact) mass is 440 g/mol. The molecule has 2 N–H and O–H groups in total. The Hall–Kier alpha value is -2.71. The Morgan fingerprint density at radius 1 is 1.35 bits per heavy atom. The quantitative estimate of drug-likeness (QED) is 0.394. The van der Waals surface area contributed by atoms with E-state index in [0.717, 1.165) is 17.6 Å². The molecular formula is C23H25FN4O2S. The number of carbonyl (C=O) groups excluding carboxylic acids is 1. The number of rotatable bonds is 8. The molecule has 2 aromatic heterocycles. The second-order valence-electron chi connectivity index (χ2n) is 8.08. The molecule has 31 heavy (non-hydrogen) atoms. The summed E-state index contributed by atoms with van der Waals surface area (Å²) in [4.78, 5) is 21.4. The number of hydrogen-bond donors (Lipinski definition) is 2. The van der Waals surface area contributed by atoms with Crippen LogP contribution in [0.2, 0.25) is 0 Å². The Morgan fingerprint density at radius 2 is 2.23 bits per heavy atom. The third-order valence-electron chi connectivity index (χ3n) is 5.63. The summed E-state index contributed by atoms with van der Waals surface area (Å²) in [5, 5.41) is 3.11. The van der Waals surface area contributed by atoms with Gasteiger partial charge in [-0.3, -0.25) is 4.79 Å². The topological polar surface area (TPSA) is 80.0 Å². The van der Waals surface area contributed by atoms with Crippen molar-refractivity contribution in [2.24, 2.45) is 5.92 Å². The zero-order chi connectivity index (χ0) is 21.8. The molecule has 0 amide bonds. The molecule has 0 spiro atoms. The van der Waals surface area contributed by atoms with Gasteiger partial charge in [0, 0.05) is 36.5 Å². The Kier molecular flexibility index (Phi) is 6.67. The predicted molar refractivity (Wildman–Crippen MR) is 120 cm³/mol. The first-order valence-corrected chi connectivity index (χ1v) is 11.2. The van der Waals surface area contributed by atoms with Gasteiger partial charge in [0.2, 0.25) is 0 Å². The van der Waals surface area contributed by atoms with E-state index < -0.39 is 12.2 Å². The van der Waals surface area contributed by atoms with Crippen molar-refractivity contribution in [1.82, 2.24) is 14.5 Å². The lowest BCUT2D eigenvalue weighted by Gasteiger charge is -2.17. The number of nitrogens with one attached hydrogen (secondary N) is 1. The molecule has 0 radical (unpaired) electrons.